The van der Waals surface area contributed by atoms with Crippen molar-refractivity contribution in [3.8, 4) is 0 Å². The molecule has 0 aliphatic carbocycles. The number of amides is 1. The van der Waals surface area contributed by atoms with Crippen molar-refractivity contribution >= 4 is 17.7 Å². The van der Waals surface area contributed by atoms with Gasteiger partial charge in [-0.1, -0.05) is 13.8 Å². The molecule has 0 aromatic carbocycles. The smallest absolute Gasteiger partial charge is 0.313 e. The fourth-order valence-corrected chi connectivity index (χ4v) is 0.798. The summed E-state index contributed by atoms with van der Waals surface area (Å²) in [4.78, 5) is 32.4. The second-order valence-corrected chi connectivity index (χ2v) is 3.54. The molecule has 1 amide bonds. The van der Waals surface area contributed by atoms with Gasteiger partial charge >= 0.3 is 5.97 Å². The Morgan fingerprint density at radius 3 is 2.33 bits per heavy atom. The Balaban J connectivity index is 3.50. The molecule has 86 valence electrons. The van der Waals surface area contributed by atoms with E-state index in [2.05, 4.69) is 5.32 Å². The van der Waals surface area contributed by atoms with Crippen LogP contribution < -0.4 is 5.32 Å². The third-order valence-corrected chi connectivity index (χ3v) is 1.58. The molecule has 0 aliphatic rings. The van der Waals surface area contributed by atoms with Crippen LogP contribution in [-0.4, -0.2) is 30.8 Å². The summed E-state index contributed by atoms with van der Waals surface area (Å²) >= 11 is 0. The van der Waals surface area contributed by atoms with Crippen molar-refractivity contribution in [2.24, 2.45) is 5.92 Å². The summed E-state index contributed by atoms with van der Waals surface area (Å²) in [5.41, 5.74) is 0. The summed E-state index contributed by atoms with van der Waals surface area (Å²) in [6, 6.07) is 0. The fourth-order valence-electron chi connectivity index (χ4n) is 0.798. The summed E-state index contributed by atoms with van der Waals surface area (Å²) in [7, 11) is 0. The maximum absolute atomic E-state index is 11.1. The number of ketones is 1. The number of carbonyl (C=O) groups excluding carboxylic acids is 3. The number of hydrogen-bond acceptors (Lipinski definition) is 4. The third-order valence-electron chi connectivity index (χ3n) is 1.58. The predicted molar refractivity (Wildman–Crippen MR) is 54.1 cm³/mol. The van der Waals surface area contributed by atoms with Gasteiger partial charge in [0.2, 0.25) is 5.91 Å². The van der Waals surface area contributed by atoms with Crippen molar-refractivity contribution in [1.29, 1.82) is 0 Å². The van der Waals surface area contributed by atoms with Crippen LogP contribution in [0.2, 0.25) is 0 Å². The molecule has 0 spiro atoms. The summed E-state index contributed by atoms with van der Waals surface area (Å²) in [6.07, 6.45) is -0.210. The molecule has 5 nitrogen and oxygen atoms in total. The molecule has 0 atom stereocenters. The first kappa shape index (κ1) is 13.6. The molecule has 0 saturated heterocycles. The zero-order valence-electron chi connectivity index (χ0n) is 9.33. The monoisotopic (exact) mass is 215 g/mol. The lowest BCUT2D eigenvalue weighted by Crippen LogP contribution is -2.31. The van der Waals surface area contributed by atoms with E-state index in [1.807, 2.05) is 0 Å². The van der Waals surface area contributed by atoms with Crippen LogP contribution in [0.1, 0.15) is 27.2 Å². The molecule has 0 aliphatic heterocycles. The predicted octanol–water partition coefficient (Wildman–Crippen LogP) is 0.281. The van der Waals surface area contributed by atoms with Crippen molar-refractivity contribution in [1.82, 2.24) is 5.32 Å². The van der Waals surface area contributed by atoms with Crippen LogP contribution in [0.25, 0.3) is 0 Å². The molecular formula is C10H17NO4. The van der Waals surface area contributed by atoms with Gasteiger partial charge in [0.15, 0.2) is 0 Å². The molecule has 0 radical (unpaired) electrons. The number of esters is 1. The average molecular weight is 215 g/mol. The number of rotatable bonds is 6. The van der Waals surface area contributed by atoms with Gasteiger partial charge in [0.25, 0.3) is 0 Å². The van der Waals surface area contributed by atoms with E-state index in [0.29, 0.717) is 0 Å². The highest BCUT2D eigenvalue weighted by molar-refractivity contribution is 5.94. The third kappa shape index (κ3) is 7.66. The zero-order valence-corrected chi connectivity index (χ0v) is 9.33. The van der Waals surface area contributed by atoms with Crippen LogP contribution in [0.4, 0.5) is 0 Å². The zero-order chi connectivity index (χ0) is 11.8. The van der Waals surface area contributed by atoms with Gasteiger partial charge in [-0.3, -0.25) is 14.4 Å². The number of nitrogens with one attached hydrogen (secondary N) is 1. The van der Waals surface area contributed by atoms with Crippen LogP contribution in [0.5, 0.6) is 0 Å². The Hall–Kier alpha value is -1.39. The topological polar surface area (TPSA) is 72.5 Å². The van der Waals surface area contributed by atoms with Crippen molar-refractivity contribution in [3.63, 3.8) is 0 Å². The van der Waals surface area contributed by atoms with Gasteiger partial charge in [0.05, 0.1) is 6.54 Å². The molecule has 0 saturated carbocycles. The molecule has 0 heterocycles. The molecule has 0 bridgehead atoms. The second kappa shape index (κ2) is 6.98. The Bertz CT molecular complexity index is 248. The van der Waals surface area contributed by atoms with Gasteiger partial charge in [-0.15, -0.1) is 0 Å². The minimum atomic E-state index is -0.554. The van der Waals surface area contributed by atoms with Crippen molar-refractivity contribution in [3.05, 3.63) is 0 Å². The van der Waals surface area contributed by atoms with Crippen molar-refractivity contribution in [2.45, 2.75) is 27.2 Å². The fraction of sp³-hybridized carbons (Fsp3) is 0.700. The highest BCUT2D eigenvalue weighted by Crippen LogP contribution is 1.90. The molecule has 5 heteroatoms. The van der Waals surface area contributed by atoms with Crippen LogP contribution in [-0.2, 0) is 19.1 Å². The van der Waals surface area contributed by atoms with Crippen LogP contribution in [0.15, 0.2) is 0 Å². The van der Waals surface area contributed by atoms with Crippen LogP contribution in [0, 0.1) is 5.92 Å². The first-order valence-corrected chi connectivity index (χ1v) is 4.86. The second-order valence-electron chi connectivity index (χ2n) is 3.54. The number of carbonyl (C=O) groups is 3. The molecule has 15 heavy (non-hydrogen) atoms. The summed E-state index contributed by atoms with van der Waals surface area (Å²) in [5.74, 6) is -0.956. The molecule has 0 unspecified atom stereocenters. The van der Waals surface area contributed by atoms with Gasteiger partial charge in [-0.05, 0) is 6.92 Å². The lowest BCUT2D eigenvalue weighted by Gasteiger charge is -2.07. The molecule has 0 aromatic heterocycles. The highest BCUT2D eigenvalue weighted by atomic mass is 16.5. The van der Waals surface area contributed by atoms with Gasteiger partial charge < -0.3 is 10.1 Å². The molecular weight excluding hydrogens is 198 g/mol. The number of ether oxygens (including phenoxy) is 1. The van der Waals surface area contributed by atoms with E-state index in [1.165, 1.54) is 6.92 Å². The average Bonchev–Trinajstić information content (AvgIpc) is 2.10. The van der Waals surface area contributed by atoms with Crippen molar-refractivity contribution in [2.75, 3.05) is 13.2 Å². The minimum Gasteiger partial charge on any atom is -0.463 e. The molecule has 0 aromatic rings. The van der Waals surface area contributed by atoms with E-state index in [1.54, 1.807) is 13.8 Å². The number of Topliss-reactive ketones (excluding diaryl/α,β-unsaturated/α-hetero) is 1. The minimum absolute atomic E-state index is 0.0853. The molecule has 1 N–H and O–H groups in total. The summed E-state index contributed by atoms with van der Waals surface area (Å²) < 4.78 is 4.71. The van der Waals surface area contributed by atoms with Crippen molar-refractivity contribution < 1.29 is 19.1 Å². The Labute approximate surface area is 89.2 Å². The lowest BCUT2D eigenvalue weighted by atomic mass is 10.2. The lowest BCUT2D eigenvalue weighted by molar-refractivity contribution is -0.146. The van der Waals surface area contributed by atoms with Gasteiger partial charge in [-0.25, -0.2) is 0 Å². The van der Waals surface area contributed by atoms with E-state index < -0.39 is 5.97 Å². The Morgan fingerprint density at radius 2 is 1.87 bits per heavy atom. The Morgan fingerprint density at radius 1 is 1.27 bits per heavy atom. The standard InChI is InChI=1S/C10H17NO4/c1-7(2)10(14)11-4-5-15-9(13)6-8(3)12/h7H,4-6H2,1-3H3,(H,11,14). The SMILES string of the molecule is CC(=O)CC(=O)OCCNC(=O)C(C)C. The van der Waals surface area contributed by atoms with E-state index in [9.17, 15) is 14.4 Å². The summed E-state index contributed by atoms with van der Waals surface area (Å²) in [6.45, 7) is 5.25. The van der Waals surface area contributed by atoms with Crippen LogP contribution in [0.3, 0.4) is 0 Å². The molecule has 0 rings (SSSR count). The Kier molecular flexibility index (Phi) is 6.33. The van der Waals surface area contributed by atoms with Gasteiger partial charge in [0.1, 0.15) is 18.8 Å². The van der Waals surface area contributed by atoms with E-state index in [-0.39, 0.29) is 37.2 Å². The van der Waals surface area contributed by atoms with Gasteiger partial charge in [0, 0.05) is 5.92 Å². The molecule has 0 fully saturated rings. The van der Waals surface area contributed by atoms with E-state index in [0.717, 1.165) is 0 Å². The number of hydrogen-bond donors (Lipinski definition) is 1. The maximum atomic E-state index is 11.1. The largest absolute Gasteiger partial charge is 0.463 e. The van der Waals surface area contributed by atoms with Gasteiger partial charge in [-0.2, -0.15) is 0 Å². The quantitative estimate of drug-likeness (QED) is 0.392. The first-order valence-electron chi connectivity index (χ1n) is 4.86. The summed E-state index contributed by atoms with van der Waals surface area (Å²) in [5, 5.41) is 2.59. The highest BCUT2D eigenvalue weighted by Gasteiger charge is 2.07. The normalized spacial score (nSPS) is 9.87. The first-order chi connectivity index (χ1) is 6.93. The van der Waals surface area contributed by atoms with Crippen LogP contribution >= 0.6 is 0 Å². The maximum Gasteiger partial charge on any atom is 0.313 e. The van der Waals surface area contributed by atoms with E-state index in [4.69, 9.17) is 4.74 Å². The van der Waals surface area contributed by atoms with E-state index >= 15 is 0 Å².